The second-order valence-corrected chi connectivity index (χ2v) is 6.88. The third-order valence-corrected chi connectivity index (χ3v) is 4.50. The predicted molar refractivity (Wildman–Crippen MR) is 89.1 cm³/mol. The van der Waals surface area contributed by atoms with Crippen molar-refractivity contribution in [3.8, 4) is 0 Å². The lowest BCUT2D eigenvalue weighted by atomic mass is 9.81. The van der Waals surface area contributed by atoms with Crippen LogP contribution in [-0.4, -0.2) is 20.7 Å². The number of aryl methyl sites for hydroxylation is 1. The molecule has 0 aliphatic carbocycles. The molecule has 1 amide bonds. The molecule has 0 aliphatic rings. The number of anilines is 1. The SMILES string of the molecule is Cn1ncc2cc(C(C)(C)CC(=O)Nc3nccs3)ccc21. The van der Waals surface area contributed by atoms with Crippen LogP contribution in [0, 0.1) is 0 Å². The molecule has 0 radical (unpaired) electrons. The van der Waals surface area contributed by atoms with Crippen LogP contribution in [0.25, 0.3) is 10.9 Å². The number of aromatic nitrogens is 3. The summed E-state index contributed by atoms with van der Waals surface area (Å²) in [5.74, 6) is -0.0220. The van der Waals surface area contributed by atoms with Gasteiger partial charge >= 0.3 is 0 Å². The zero-order chi connectivity index (χ0) is 15.7. The van der Waals surface area contributed by atoms with Crippen LogP contribution in [0.5, 0.6) is 0 Å². The molecule has 114 valence electrons. The van der Waals surface area contributed by atoms with Crippen LogP contribution in [-0.2, 0) is 17.3 Å². The van der Waals surface area contributed by atoms with Crippen LogP contribution >= 0.6 is 11.3 Å². The topological polar surface area (TPSA) is 59.8 Å². The second kappa shape index (κ2) is 5.53. The van der Waals surface area contributed by atoms with E-state index < -0.39 is 0 Å². The van der Waals surface area contributed by atoms with Gasteiger partial charge in [0.2, 0.25) is 5.91 Å². The summed E-state index contributed by atoms with van der Waals surface area (Å²) in [6.07, 6.45) is 3.94. The van der Waals surface area contributed by atoms with Gasteiger partial charge in [0.1, 0.15) is 0 Å². The number of hydrogen-bond donors (Lipinski definition) is 1. The lowest BCUT2D eigenvalue weighted by Crippen LogP contribution is -2.25. The maximum absolute atomic E-state index is 12.2. The normalized spacial score (nSPS) is 11.8. The Kier molecular flexibility index (Phi) is 3.70. The average Bonchev–Trinajstić information content (AvgIpc) is 3.08. The fourth-order valence-electron chi connectivity index (χ4n) is 2.54. The van der Waals surface area contributed by atoms with Gasteiger partial charge in [0.05, 0.1) is 11.7 Å². The first-order chi connectivity index (χ1) is 10.5. The number of nitrogens with zero attached hydrogens (tertiary/aromatic N) is 3. The van der Waals surface area contributed by atoms with Crippen molar-refractivity contribution in [3.63, 3.8) is 0 Å². The largest absolute Gasteiger partial charge is 0.302 e. The van der Waals surface area contributed by atoms with Crippen molar-refractivity contribution in [2.24, 2.45) is 7.05 Å². The van der Waals surface area contributed by atoms with E-state index in [4.69, 9.17) is 0 Å². The number of thiazole rings is 1. The number of benzene rings is 1. The Morgan fingerprint density at radius 2 is 2.23 bits per heavy atom. The van der Waals surface area contributed by atoms with E-state index in [9.17, 15) is 4.79 Å². The van der Waals surface area contributed by atoms with Gasteiger partial charge in [-0.1, -0.05) is 19.9 Å². The zero-order valence-electron chi connectivity index (χ0n) is 12.8. The average molecular weight is 314 g/mol. The first-order valence-corrected chi connectivity index (χ1v) is 7.95. The molecule has 2 aromatic heterocycles. The Balaban J connectivity index is 1.79. The Morgan fingerprint density at radius 3 is 2.95 bits per heavy atom. The van der Waals surface area contributed by atoms with Gasteiger partial charge < -0.3 is 5.32 Å². The summed E-state index contributed by atoms with van der Waals surface area (Å²) in [5.41, 5.74) is 1.96. The summed E-state index contributed by atoms with van der Waals surface area (Å²) < 4.78 is 1.85. The van der Waals surface area contributed by atoms with E-state index in [0.29, 0.717) is 11.6 Å². The molecule has 2 heterocycles. The van der Waals surface area contributed by atoms with Gasteiger partial charge in [0, 0.05) is 30.4 Å². The van der Waals surface area contributed by atoms with E-state index in [1.807, 2.05) is 23.3 Å². The Bertz CT molecular complexity index is 805. The maximum atomic E-state index is 12.2. The number of rotatable bonds is 4. The van der Waals surface area contributed by atoms with Crippen molar-refractivity contribution in [3.05, 3.63) is 41.5 Å². The summed E-state index contributed by atoms with van der Waals surface area (Å²) in [6, 6.07) is 6.23. The van der Waals surface area contributed by atoms with Gasteiger partial charge in [-0.25, -0.2) is 4.98 Å². The second-order valence-electron chi connectivity index (χ2n) is 5.99. The molecule has 0 aliphatic heterocycles. The van der Waals surface area contributed by atoms with Crippen molar-refractivity contribution in [1.29, 1.82) is 0 Å². The molecule has 5 nitrogen and oxygen atoms in total. The summed E-state index contributed by atoms with van der Waals surface area (Å²) in [4.78, 5) is 16.3. The van der Waals surface area contributed by atoms with Gasteiger partial charge in [-0.3, -0.25) is 9.48 Å². The fourth-order valence-corrected chi connectivity index (χ4v) is 3.08. The van der Waals surface area contributed by atoms with Crippen molar-refractivity contribution < 1.29 is 4.79 Å². The molecular formula is C16H18N4OS. The molecule has 0 bridgehead atoms. The monoisotopic (exact) mass is 314 g/mol. The Morgan fingerprint density at radius 1 is 1.41 bits per heavy atom. The lowest BCUT2D eigenvalue weighted by molar-refractivity contribution is -0.117. The molecule has 1 N–H and O–H groups in total. The van der Waals surface area contributed by atoms with Crippen LogP contribution < -0.4 is 5.32 Å². The smallest absolute Gasteiger partial charge is 0.227 e. The number of amides is 1. The summed E-state index contributed by atoms with van der Waals surface area (Å²) in [5, 5.41) is 10.7. The van der Waals surface area contributed by atoms with E-state index in [1.54, 1.807) is 6.20 Å². The summed E-state index contributed by atoms with van der Waals surface area (Å²) in [7, 11) is 1.93. The minimum atomic E-state index is -0.259. The Labute approximate surface area is 133 Å². The highest BCUT2D eigenvalue weighted by Gasteiger charge is 2.25. The van der Waals surface area contributed by atoms with E-state index in [-0.39, 0.29) is 11.3 Å². The van der Waals surface area contributed by atoms with Crippen LogP contribution in [0.3, 0.4) is 0 Å². The van der Waals surface area contributed by atoms with Crippen LogP contribution in [0.1, 0.15) is 25.8 Å². The minimum absolute atomic E-state index is 0.0220. The highest BCUT2D eigenvalue weighted by Crippen LogP contribution is 2.30. The number of hydrogen-bond acceptors (Lipinski definition) is 4. The van der Waals surface area contributed by atoms with E-state index in [0.717, 1.165) is 16.5 Å². The van der Waals surface area contributed by atoms with Crippen molar-refractivity contribution >= 4 is 33.3 Å². The molecule has 0 atom stereocenters. The molecule has 6 heteroatoms. The van der Waals surface area contributed by atoms with Crippen molar-refractivity contribution in [2.45, 2.75) is 25.7 Å². The molecule has 3 aromatic rings. The first kappa shape index (κ1) is 14.7. The van der Waals surface area contributed by atoms with E-state index in [1.165, 1.54) is 11.3 Å². The summed E-state index contributed by atoms with van der Waals surface area (Å²) in [6.45, 7) is 4.15. The van der Waals surface area contributed by atoms with Gasteiger partial charge in [0.25, 0.3) is 0 Å². The quantitative estimate of drug-likeness (QED) is 0.803. The van der Waals surface area contributed by atoms with Crippen molar-refractivity contribution in [2.75, 3.05) is 5.32 Å². The van der Waals surface area contributed by atoms with Crippen LogP contribution in [0.4, 0.5) is 5.13 Å². The van der Waals surface area contributed by atoms with Gasteiger partial charge in [-0.15, -0.1) is 11.3 Å². The predicted octanol–water partition coefficient (Wildman–Crippen LogP) is 3.34. The Hall–Kier alpha value is -2.21. The number of carbonyl (C=O) groups excluding carboxylic acids is 1. The number of nitrogens with one attached hydrogen (secondary N) is 1. The molecular weight excluding hydrogens is 296 g/mol. The molecule has 0 fully saturated rings. The number of fused-ring (bicyclic) bond motifs is 1. The number of carbonyl (C=O) groups is 1. The molecule has 0 saturated heterocycles. The molecule has 0 spiro atoms. The first-order valence-electron chi connectivity index (χ1n) is 7.07. The zero-order valence-corrected chi connectivity index (χ0v) is 13.6. The molecule has 22 heavy (non-hydrogen) atoms. The van der Waals surface area contributed by atoms with Crippen LogP contribution in [0.15, 0.2) is 36.0 Å². The van der Waals surface area contributed by atoms with Crippen molar-refractivity contribution in [1.82, 2.24) is 14.8 Å². The minimum Gasteiger partial charge on any atom is -0.302 e. The molecule has 1 aromatic carbocycles. The van der Waals surface area contributed by atoms with E-state index >= 15 is 0 Å². The molecule has 0 saturated carbocycles. The van der Waals surface area contributed by atoms with Crippen LogP contribution in [0.2, 0.25) is 0 Å². The van der Waals surface area contributed by atoms with Gasteiger partial charge in [-0.05, 0) is 23.1 Å². The van der Waals surface area contributed by atoms with Gasteiger partial charge in [-0.2, -0.15) is 5.10 Å². The maximum Gasteiger partial charge on any atom is 0.227 e. The third-order valence-electron chi connectivity index (χ3n) is 3.81. The highest BCUT2D eigenvalue weighted by molar-refractivity contribution is 7.13. The molecule has 3 rings (SSSR count). The summed E-state index contributed by atoms with van der Waals surface area (Å²) >= 11 is 1.42. The fraction of sp³-hybridized carbons (Fsp3) is 0.312. The van der Waals surface area contributed by atoms with E-state index in [2.05, 4.69) is 47.4 Å². The molecule has 0 unspecified atom stereocenters. The third kappa shape index (κ3) is 2.87. The standard InChI is InChI=1S/C16H18N4OS/c1-16(2,9-14(21)19-15-17-6-7-22-15)12-4-5-13-11(8-12)10-18-20(13)3/h4-8,10H,9H2,1-3H3,(H,17,19,21). The highest BCUT2D eigenvalue weighted by atomic mass is 32.1. The lowest BCUT2D eigenvalue weighted by Gasteiger charge is -2.24. The van der Waals surface area contributed by atoms with Gasteiger partial charge in [0.15, 0.2) is 5.13 Å².